The van der Waals surface area contributed by atoms with E-state index < -0.39 is 0 Å². The largest absolute Gasteiger partial charge is 0.378 e. The Kier molecular flexibility index (Phi) is 2.45. The lowest BCUT2D eigenvalue weighted by molar-refractivity contribution is 0.0805. The third kappa shape index (κ3) is 2.00. The minimum absolute atomic E-state index is 0.0283. The van der Waals surface area contributed by atoms with Crippen LogP contribution in [0.4, 0.5) is 0 Å². The van der Waals surface area contributed by atoms with E-state index in [2.05, 4.69) is 11.1 Å². The summed E-state index contributed by atoms with van der Waals surface area (Å²) in [4.78, 5) is 4.22. The lowest BCUT2D eigenvalue weighted by Gasteiger charge is -2.14. The van der Waals surface area contributed by atoms with Crippen molar-refractivity contribution in [2.45, 2.75) is 31.8 Å². The first kappa shape index (κ1) is 10.1. The van der Waals surface area contributed by atoms with Crippen LogP contribution in [0.25, 0.3) is 0 Å². The molecule has 1 saturated carbocycles. The normalized spacial score (nSPS) is 17.1. The summed E-state index contributed by atoms with van der Waals surface area (Å²) in [5.41, 5.74) is 2.79. The Morgan fingerprint density at radius 3 is 2.87 bits per heavy atom. The van der Waals surface area contributed by atoms with Gasteiger partial charge in [-0.2, -0.15) is 5.26 Å². The monoisotopic (exact) mass is 202 g/mol. The Bertz CT molecular complexity index is 416. The van der Waals surface area contributed by atoms with Crippen molar-refractivity contribution in [2.24, 2.45) is 0 Å². The number of nitrogens with zero attached hydrogens (tertiary/aromatic N) is 2. The first-order valence-corrected chi connectivity index (χ1v) is 5.10. The molecule has 0 aliphatic heterocycles. The van der Waals surface area contributed by atoms with E-state index in [1.165, 1.54) is 0 Å². The highest BCUT2D eigenvalue weighted by molar-refractivity contribution is 5.34. The van der Waals surface area contributed by atoms with Gasteiger partial charge in [-0.05, 0) is 31.4 Å². The van der Waals surface area contributed by atoms with E-state index in [9.17, 15) is 0 Å². The van der Waals surface area contributed by atoms with Gasteiger partial charge in [0.15, 0.2) is 0 Å². The van der Waals surface area contributed by atoms with E-state index >= 15 is 0 Å². The number of pyridine rings is 1. The fourth-order valence-electron chi connectivity index (χ4n) is 1.76. The van der Waals surface area contributed by atoms with Gasteiger partial charge < -0.3 is 4.74 Å². The average molecular weight is 202 g/mol. The molecule has 3 heteroatoms. The van der Waals surface area contributed by atoms with Crippen LogP contribution in [0.15, 0.2) is 12.3 Å². The van der Waals surface area contributed by atoms with Gasteiger partial charge in [0.2, 0.25) is 0 Å². The molecule has 0 N–H and O–H groups in total. The lowest BCUT2D eigenvalue weighted by atomic mass is 10.0. The van der Waals surface area contributed by atoms with Crippen LogP contribution in [-0.2, 0) is 11.2 Å². The Labute approximate surface area is 89.7 Å². The van der Waals surface area contributed by atoms with Crippen LogP contribution in [0.3, 0.4) is 0 Å². The second-order valence-electron chi connectivity index (χ2n) is 4.14. The molecule has 1 aliphatic carbocycles. The predicted octanol–water partition coefficient (Wildman–Crippen LogP) is 1.98. The molecule has 3 nitrogen and oxygen atoms in total. The summed E-state index contributed by atoms with van der Waals surface area (Å²) in [6.07, 6.45) is 4.71. The molecule has 1 fully saturated rings. The molecular weight excluding hydrogens is 188 g/mol. The highest BCUT2D eigenvalue weighted by Crippen LogP contribution is 2.42. The lowest BCUT2D eigenvalue weighted by Crippen LogP contribution is -2.16. The molecule has 1 aromatic rings. The van der Waals surface area contributed by atoms with Gasteiger partial charge in [0, 0.05) is 25.4 Å². The summed E-state index contributed by atoms with van der Waals surface area (Å²) in [5, 5.41) is 8.80. The van der Waals surface area contributed by atoms with Crippen molar-refractivity contribution >= 4 is 0 Å². The molecule has 1 heterocycles. The molecule has 0 unspecified atom stereocenters. The fraction of sp³-hybridized carbons (Fsp3) is 0.500. The Balaban J connectivity index is 2.24. The molecule has 78 valence electrons. The number of methoxy groups -OCH3 is 1. The summed E-state index contributed by atoms with van der Waals surface area (Å²) >= 11 is 0. The third-order valence-corrected chi connectivity index (χ3v) is 3.07. The zero-order valence-electron chi connectivity index (χ0n) is 9.08. The first-order valence-electron chi connectivity index (χ1n) is 5.10. The highest BCUT2D eigenvalue weighted by Gasteiger charge is 2.43. The van der Waals surface area contributed by atoms with Crippen LogP contribution in [0.2, 0.25) is 0 Å². The van der Waals surface area contributed by atoms with Crippen molar-refractivity contribution < 1.29 is 4.74 Å². The van der Waals surface area contributed by atoms with E-state index in [1.54, 1.807) is 13.3 Å². The number of aromatic nitrogens is 1. The van der Waals surface area contributed by atoms with E-state index in [0.29, 0.717) is 5.56 Å². The van der Waals surface area contributed by atoms with Gasteiger partial charge in [0.05, 0.1) is 11.2 Å². The van der Waals surface area contributed by atoms with Gasteiger partial charge in [-0.1, -0.05) is 0 Å². The molecule has 2 rings (SSSR count). The Morgan fingerprint density at radius 2 is 2.33 bits per heavy atom. The van der Waals surface area contributed by atoms with Crippen molar-refractivity contribution in [3.8, 4) is 6.07 Å². The second-order valence-corrected chi connectivity index (χ2v) is 4.14. The number of rotatable bonds is 3. The molecule has 0 aromatic carbocycles. The van der Waals surface area contributed by atoms with Gasteiger partial charge in [-0.3, -0.25) is 4.98 Å². The molecule has 0 spiro atoms. The summed E-state index contributed by atoms with van der Waals surface area (Å²) < 4.78 is 5.47. The molecule has 15 heavy (non-hydrogen) atoms. The molecule has 0 atom stereocenters. The maximum atomic E-state index is 8.80. The standard InChI is InChI=1S/C12H14N2O/c1-9-11(5-10(7-13)8-14-9)6-12(15-2)3-4-12/h5,8H,3-4,6H2,1-2H3. The predicted molar refractivity (Wildman–Crippen MR) is 56.4 cm³/mol. The number of ether oxygens (including phenoxy) is 1. The maximum Gasteiger partial charge on any atom is 0.101 e. The summed E-state index contributed by atoms with van der Waals surface area (Å²) in [5.74, 6) is 0. The molecule has 0 amide bonds. The number of aryl methyl sites for hydroxylation is 1. The molecule has 0 saturated heterocycles. The quantitative estimate of drug-likeness (QED) is 0.753. The minimum Gasteiger partial charge on any atom is -0.378 e. The molecular formula is C12H14N2O. The van der Waals surface area contributed by atoms with Gasteiger partial charge in [0.25, 0.3) is 0 Å². The van der Waals surface area contributed by atoms with Crippen LogP contribution >= 0.6 is 0 Å². The minimum atomic E-state index is 0.0283. The fourth-order valence-corrected chi connectivity index (χ4v) is 1.76. The van der Waals surface area contributed by atoms with Crippen LogP contribution in [-0.4, -0.2) is 17.7 Å². The Morgan fingerprint density at radius 1 is 1.60 bits per heavy atom. The summed E-state index contributed by atoms with van der Waals surface area (Å²) in [6, 6.07) is 4.03. The smallest absolute Gasteiger partial charge is 0.101 e. The SMILES string of the molecule is COC1(Cc2cc(C#N)cnc2C)CC1. The van der Waals surface area contributed by atoms with Crippen molar-refractivity contribution in [1.82, 2.24) is 4.98 Å². The summed E-state index contributed by atoms with van der Waals surface area (Å²) in [6.45, 7) is 1.97. The third-order valence-electron chi connectivity index (χ3n) is 3.07. The first-order chi connectivity index (χ1) is 7.19. The van der Waals surface area contributed by atoms with E-state index in [4.69, 9.17) is 10.00 Å². The van der Waals surface area contributed by atoms with Crippen LogP contribution in [0, 0.1) is 18.3 Å². The number of hydrogen-bond donors (Lipinski definition) is 0. The number of nitriles is 1. The van der Waals surface area contributed by atoms with E-state index in [1.807, 2.05) is 13.0 Å². The van der Waals surface area contributed by atoms with Crippen molar-refractivity contribution in [2.75, 3.05) is 7.11 Å². The van der Waals surface area contributed by atoms with Gasteiger partial charge in [-0.15, -0.1) is 0 Å². The van der Waals surface area contributed by atoms with Gasteiger partial charge >= 0.3 is 0 Å². The molecule has 0 radical (unpaired) electrons. The second kappa shape index (κ2) is 3.63. The van der Waals surface area contributed by atoms with Crippen LogP contribution < -0.4 is 0 Å². The van der Waals surface area contributed by atoms with E-state index in [0.717, 1.165) is 30.5 Å². The van der Waals surface area contributed by atoms with Crippen molar-refractivity contribution in [3.63, 3.8) is 0 Å². The number of hydrogen-bond acceptors (Lipinski definition) is 3. The maximum absolute atomic E-state index is 8.80. The molecule has 1 aromatic heterocycles. The highest BCUT2D eigenvalue weighted by atomic mass is 16.5. The summed E-state index contributed by atoms with van der Waals surface area (Å²) in [7, 11) is 1.75. The average Bonchev–Trinajstić information content (AvgIpc) is 3.02. The zero-order chi connectivity index (χ0) is 10.9. The van der Waals surface area contributed by atoms with Crippen LogP contribution in [0.1, 0.15) is 29.7 Å². The van der Waals surface area contributed by atoms with Gasteiger partial charge in [0.1, 0.15) is 6.07 Å². The molecule has 1 aliphatic rings. The molecule has 0 bridgehead atoms. The Hall–Kier alpha value is -1.40. The van der Waals surface area contributed by atoms with Crippen molar-refractivity contribution in [3.05, 3.63) is 29.1 Å². The topological polar surface area (TPSA) is 45.9 Å². The van der Waals surface area contributed by atoms with Crippen LogP contribution in [0.5, 0.6) is 0 Å². The van der Waals surface area contributed by atoms with Gasteiger partial charge in [-0.25, -0.2) is 0 Å². The van der Waals surface area contributed by atoms with Crippen molar-refractivity contribution in [1.29, 1.82) is 5.26 Å². The zero-order valence-corrected chi connectivity index (χ0v) is 9.08. The van der Waals surface area contributed by atoms with E-state index in [-0.39, 0.29) is 5.60 Å².